The van der Waals surface area contributed by atoms with Crippen LogP contribution in [0.2, 0.25) is 5.02 Å². The number of anilines is 1. The predicted octanol–water partition coefficient (Wildman–Crippen LogP) is 6.08. The summed E-state index contributed by atoms with van der Waals surface area (Å²) in [5, 5.41) is 5.69. The normalized spacial score (nSPS) is 15.2. The molecule has 1 aromatic heterocycles. The molecule has 1 aliphatic heterocycles. The lowest BCUT2D eigenvalue weighted by Crippen LogP contribution is -2.46. The lowest BCUT2D eigenvalue weighted by Gasteiger charge is -2.32. The van der Waals surface area contributed by atoms with Crippen molar-refractivity contribution in [3.8, 4) is 16.9 Å². The summed E-state index contributed by atoms with van der Waals surface area (Å²) in [5.74, 6) is -0.537. The van der Waals surface area contributed by atoms with Crippen LogP contribution in [0.4, 0.5) is 18.9 Å². The van der Waals surface area contributed by atoms with Gasteiger partial charge in [0.05, 0.1) is 34.5 Å². The van der Waals surface area contributed by atoms with Gasteiger partial charge in [-0.1, -0.05) is 48.0 Å². The van der Waals surface area contributed by atoms with E-state index in [4.69, 9.17) is 16.3 Å². The largest absolute Gasteiger partial charge is 0.435 e. The Kier molecular flexibility index (Phi) is 8.74. The first-order valence-electron chi connectivity index (χ1n) is 13.1. The number of nitrogens with one attached hydrogen (secondary N) is 1. The van der Waals surface area contributed by atoms with Crippen LogP contribution in [0.25, 0.3) is 16.9 Å². The fourth-order valence-electron chi connectivity index (χ4n) is 4.72. The van der Waals surface area contributed by atoms with Gasteiger partial charge < -0.3 is 10.1 Å². The Morgan fingerprint density at radius 3 is 2.37 bits per heavy atom. The van der Waals surface area contributed by atoms with E-state index < -0.39 is 33.0 Å². The van der Waals surface area contributed by atoms with Gasteiger partial charge in [0.15, 0.2) is 15.5 Å². The predicted molar refractivity (Wildman–Crippen MR) is 157 cm³/mol. The summed E-state index contributed by atoms with van der Waals surface area (Å²) in [6.07, 6.45) is -3.31. The van der Waals surface area contributed by atoms with Gasteiger partial charge in [0.2, 0.25) is 0 Å². The van der Waals surface area contributed by atoms with E-state index in [0.29, 0.717) is 31.9 Å². The molecular formula is C30H26ClF3N4O4S. The second-order valence-electron chi connectivity index (χ2n) is 9.65. The SMILES string of the molecule is C=CC(N1CCOCC1)S(=O)(=O)c1cccc(NC(=O)c2ccc(-c3cc(C(F)(F)F)nn3-c3ccccc3Cl)cc2)c1. The van der Waals surface area contributed by atoms with Crippen LogP contribution in [0.15, 0.2) is 96.4 Å². The fraction of sp³-hybridized carbons (Fsp3) is 0.200. The minimum Gasteiger partial charge on any atom is -0.379 e. The van der Waals surface area contributed by atoms with Gasteiger partial charge in [-0.3, -0.25) is 9.69 Å². The highest BCUT2D eigenvalue weighted by atomic mass is 35.5. The molecule has 1 fully saturated rings. The van der Waals surface area contributed by atoms with E-state index in [2.05, 4.69) is 17.0 Å². The summed E-state index contributed by atoms with van der Waals surface area (Å²) in [4.78, 5) is 14.8. The first-order valence-corrected chi connectivity index (χ1v) is 15.0. The van der Waals surface area contributed by atoms with Crippen LogP contribution in [-0.4, -0.2) is 60.7 Å². The monoisotopic (exact) mass is 630 g/mol. The van der Waals surface area contributed by atoms with Crippen molar-refractivity contribution in [2.24, 2.45) is 0 Å². The molecule has 224 valence electrons. The van der Waals surface area contributed by atoms with Crippen LogP contribution in [0.5, 0.6) is 0 Å². The molecule has 3 aromatic carbocycles. The second kappa shape index (κ2) is 12.3. The van der Waals surface area contributed by atoms with Gasteiger partial charge >= 0.3 is 6.18 Å². The maximum Gasteiger partial charge on any atom is 0.435 e. The molecule has 5 rings (SSSR count). The summed E-state index contributed by atoms with van der Waals surface area (Å²) in [5.41, 5.74) is 0.124. The van der Waals surface area contributed by atoms with Crippen LogP contribution in [0.3, 0.4) is 0 Å². The van der Waals surface area contributed by atoms with Crippen molar-refractivity contribution in [3.05, 3.63) is 108 Å². The number of para-hydroxylation sites is 1. The number of amides is 1. The molecule has 1 amide bonds. The number of aromatic nitrogens is 2. The number of ether oxygens (including phenoxy) is 1. The van der Waals surface area contributed by atoms with Gasteiger partial charge in [-0.25, -0.2) is 13.1 Å². The van der Waals surface area contributed by atoms with Gasteiger partial charge in [-0.05, 0) is 48.5 Å². The van der Waals surface area contributed by atoms with Crippen LogP contribution in [0.1, 0.15) is 16.1 Å². The molecule has 1 N–H and O–H groups in total. The molecule has 1 unspecified atom stereocenters. The quantitative estimate of drug-likeness (QED) is 0.237. The van der Waals surface area contributed by atoms with Crippen LogP contribution in [0, 0.1) is 0 Å². The minimum atomic E-state index is -4.68. The molecule has 0 aliphatic carbocycles. The number of benzene rings is 3. The van der Waals surface area contributed by atoms with E-state index in [1.54, 1.807) is 35.2 Å². The number of hydrogen-bond acceptors (Lipinski definition) is 6. The smallest absolute Gasteiger partial charge is 0.379 e. The minimum absolute atomic E-state index is 0.0188. The van der Waals surface area contributed by atoms with E-state index in [1.165, 1.54) is 48.5 Å². The first-order chi connectivity index (χ1) is 20.5. The first kappa shape index (κ1) is 30.5. The zero-order chi connectivity index (χ0) is 30.8. The number of nitrogens with zero attached hydrogens (tertiary/aromatic N) is 3. The van der Waals surface area contributed by atoms with Gasteiger partial charge in [0, 0.05) is 29.9 Å². The van der Waals surface area contributed by atoms with Gasteiger partial charge in [0.25, 0.3) is 5.91 Å². The van der Waals surface area contributed by atoms with Crippen molar-refractivity contribution in [2.75, 3.05) is 31.6 Å². The van der Waals surface area contributed by atoms with E-state index >= 15 is 0 Å². The Bertz CT molecular complexity index is 1750. The molecule has 2 heterocycles. The number of alkyl halides is 3. The number of carbonyl (C=O) groups excluding carboxylic acids is 1. The summed E-state index contributed by atoms with van der Waals surface area (Å²) in [6, 6.07) is 19.1. The molecule has 4 aromatic rings. The molecule has 0 bridgehead atoms. The number of sulfone groups is 1. The highest BCUT2D eigenvalue weighted by molar-refractivity contribution is 7.92. The van der Waals surface area contributed by atoms with Crippen molar-refractivity contribution < 1.29 is 31.1 Å². The number of halogens is 4. The summed E-state index contributed by atoms with van der Waals surface area (Å²) >= 11 is 6.24. The molecule has 8 nitrogen and oxygen atoms in total. The molecule has 13 heteroatoms. The second-order valence-corrected chi connectivity index (χ2v) is 12.1. The Labute approximate surface area is 251 Å². The van der Waals surface area contributed by atoms with Gasteiger partial charge in [0.1, 0.15) is 5.37 Å². The third-order valence-corrected chi connectivity index (χ3v) is 9.23. The molecule has 0 spiro atoms. The zero-order valence-corrected chi connectivity index (χ0v) is 24.2. The summed E-state index contributed by atoms with van der Waals surface area (Å²) < 4.78 is 73.9. The number of rotatable bonds is 8. The van der Waals surface area contributed by atoms with Crippen LogP contribution < -0.4 is 5.32 Å². The molecule has 1 aliphatic rings. The topological polar surface area (TPSA) is 93.5 Å². The molecule has 1 atom stereocenters. The van der Waals surface area contributed by atoms with Gasteiger partial charge in [-0.2, -0.15) is 18.3 Å². The van der Waals surface area contributed by atoms with E-state index in [1.807, 2.05) is 0 Å². The number of morpholine rings is 1. The fourth-order valence-corrected chi connectivity index (χ4v) is 6.63. The molecule has 43 heavy (non-hydrogen) atoms. The van der Waals surface area contributed by atoms with Gasteiger partial charge in [-0.15, -0.1) is 6.58 Å². The Morgan fingerprint density at radius 1 is 1.02 bits per heavy atom. The lowest BCUT2D eigenvalue weighted by molar-refractivity contribution is -0.141. The van der Waals surface area contributed by atoms with Crippen LogP contribution >= 0.6 is 11.6 Å². The van der Waals surface area contributed by atoms with Crippen molar-refractivity contribution in [1.82, 2.24) is 14.7 Å². The summed E-state index contributed by atoms with van der Waals surface area (Å²) in [6.45, 7) is 5.43. The number of hydrogen-bond donors (Lipinski definition) is 1. The zero-order valence-electron chi connectivity index (χ0n) is 22.6. The van der Waals surface area contributed by atoms with Crippen molar-refractivity contribution in [3.63, 3.8) is 0 Å². The Morgan fingerprint density at radius 2 is 1.72 bits per heavy atom. The third kappa shape index (κ3) is 6.52. The van der Waals surface area contributed by atoms with Crippen molar-refractivity contribution >= 4 is 33.0 Å². The van der Waals surface area contributed by atoms with Crippen LogP contribution in [-0.2, 0) is 20.8 Å². The maximum atomic E-state index is 13.5. The molecule has 0 radical (unpaired) electrons. The highest BCUT2D eigenvalue weighted by Gasteiger charge is 2.36. The average molecular weight is 631 g/mol. The standard InChI is InChI=1S/C30H26ClF3N4O4S/c1-2-28(37-14-16-42-17-15-37)43(40,41)23-7-5-6-22(18-23)35-29(39)21-12-10-20(11-13-21)26-19-27(30(32,33)34)36-38(26)25-9-4-3-8-24(25)31/h2-13,18-19,28H,1,14-17H2,(H,35,39). The summed E-state index contributed by atoms with van der Waals surface area (Å²) in [7, 11) is -3.85. The van der Waals surface area contributed by atoms with Crippen molar-refractivity contribution in [1.29, 1.82) is 0 Å². The van der Waals surface area contributed by atoms with E-state index in [0.717, 1.165) is 10.7 Å². The molecule has 0 saturated carbocycles. The molecular weight excluding hydrogens is 605 g/mol. The average Bonchev–Trinajstić information content (AvgIpc) is 3.45. The third-order valence-electron chi connectivity index (χ3n) is 6.87. The maximum absolute atomic E-state index is 13.5. The lowest BCUT2D eigenvalue weighted by atomic mass is 10.1. The Hall–Kier alpha value is -3.97. The number of carbonyl (C=O) groups is 1. The Balaban J connectivity index is 1.38. The van der Waals surface area contributed by atoms with E-state index in [-0.39, 0.29) is 32.6 Å². The molecule has 1 saturated heterocycles. The van der Waals surface area contributed by atoms with E-state index in [9.17, 15) is 26.4 Å². The highest BCUT2D eigenvalue weighted by Crippen LogP contribution is 2.35. The van der Waals surface area contributed by atoms with Crippen molar-refractivity contribution in [2.45, 2.75) is 16.4 Å².